The highest BCUT2D eigenvalue weighted by Crippen LogP contribution is 2.28. The standard InChI is InChI=1S/C18H24N4O3/c1-20-13-17(24)22(18(20)25)12-6-9-16(23)19-14-7-2-3-8-15(14)21-10-4-5-11-21/h2-3,7-8H,4-6,9-13H2,1H3,(H,19,23). The Kier molecular flexibility index (Phi) is 5.21. The van der Waals surface area contributed by atoms with Crippen LogP contribution in [0.2, 0.25) is 0 Å². The van der Waals surface area contributed by atoms with Gasteiger partial charge in [-0.1, -0.05) is 12.1 Å². The van der Waals surface area contributed by atoms with Crippen LogP contribution in [0, 0.1) is 0 Å². The second-order valence-corrected chi connectivity index (χ2v) is 6.55. The molecule has 4 amide bonds. The molecule has 1 aromatic carbocycles. The summed E-state index contributed by atoms with van der Waals surface area (Å²) in [5, 5.41) is 2.96. The van der Waals surface area contributed by atoms with E-state index in [-0.39, 0.29) is 37.4 Å². The first kappa shape index (κ1) is 17.3. The molecule has 0 saturated carbocycles. The Labute approximate surface area is 147 Å². The Bertz CT molecular complexity index is 670. The number of anilines is 2. The summed E-state index contributed by atoms with van der Waals surface area (Å²) in [6.45, 7) is 2.43. The SMILES string of the molecule is CN1CC(=O)N(CCCC(=O)Nc2ccccc2N2CCCC2)C1=O. The predicted octanol–water partition coefficient (Wildman–Crippen LogP) is 1.90. The van der Waals surface area contributed by atoms with E-state index in [1.165, 1.54) is 22.6 Å². The zero-order valence-electron chi connectivity index (χ0n) is 14.5. The number of likely N-dealkylation sites (N-methyl/N-ethyl adjacent to an activating group) is 1. The smallest absolute Gasteiger partial charge is 0.326 e. The van der Waals surface area contributed by atoms with Crippen LogP contribution in [-0.2, 0) is 9.59 Å². The largest absolute Gasteiger partial charge is 0.370 e. The fraction of sp³-hybridized carbons (Fsp3) is 0.500. The van der Waals surface area contributed by atoms with Crippen LogP contribution in [0.25, 0.3) is 0 Å². The number of urea groups is 1. The molecular formula is C18H24N4O3. The van der Waals surface area contributed by atoms with Gasteiger partial charge in [-0.05, 0) is 31.4 Å². The molecule has 0 radical (unpaired) electrons. The molecule has 7 heteroatoms. The number of carbonyl (C=O) groups is 3. The van der Waals surface area contributed by atoms with E-state index in [0.717, 1.165) is 24.5 Å². The van der Waals surface area contributed by atoms with Gasteiger partial charge in [0.2, 0.25) is 11.8 Å². The third-order valence-electron chi connectivity index (χ3n) is 4.64. The van der Waals surface area contributed by atoms with E-state index in [9.17, 15) is 14.4 Å². The minimum Gasteiger partial charge on any atom is -0.370 e. The number of benzene rings is 1. The number of amides is 4. The van der Waals surface area contributed by atoms with E-state index < -0.39 is 0 Å². The van der Waals surface area contributed by atoms with E-state index in [1.54, 1.807) is 7.05 Å². The Morgan fingerprint density at radius 3 is 2.56 bits per heavy atom. The Morgan fingerprint density at radius 2 is 1.88 bits per heavy atom. The second kappa shape index (κ2) is 7.55. The monoisotopic (exact) mass is 344 g/mol. The topological polar surface area (TPSA) is 73.0 Å². The third-order valence-corrected chi connectivity index (χ3v) is 4.64. The molecule has 2 aliphatic heterocycles. The van der Waals surface area contributed by atoms with Gasteiger partial charge in [0.05, 0.1) is 11.4 Å². The van der Waals surface area contributed by atoms with Crippen LogP contribution < -0.4 is 10.2 Å². The van der Waals surface area contributed by atoms with Crippen molar-refractivity contribution in [2.24, 2.45) is 0 Å². The molecule has 2 heterocycles. The van der Waals surface area contributed by atoms with Gasteiger partial charge in [0, 0.05) is 33.1 Å². The minimum atomic E-state index is -0.287. The van der Waals surface area contributed by atoms with Gasteiger partial charge in [0.25, 0.3) is 0 Å². The first-order valence-corrected chi connectivity index (χ1v) is 8.75. The summed E-state index contributed by atoms with van der Waals surface area (Å²) < 4.78 is 0. The van der Waals surface area contributed by atoms with Crippen molar-refractivity contribution in [3.05, 3.63) is 24.3 Å². The maximum atomic E-state index is 12.3. The molecule has 2 aliphatic rings. The van der Waals surface area contributed by atoms with Crippen molar-refractivity contribution >= 4 is 29.2 Å². The third kappa shape index (κ3) is 3.92. The van der Waals surface area contributed by atoms with Crippen LogP contribution in [0.5, 0.6) is 0 Å². The summed E-state index contributed by atoms with van der Waals surface area (Å²) in [5.41, 5.74) is 1.88. The predicted molar refractivity (Wildman–Crippen MR) is 95.5 cm³/mol. The lowest BCUT2D eigenvalue weighted by atomic mass is 10.2. The minimum absolute atomic E-state index is 0.0981. The number of nitrogens with zero attached hydrogens (tertiary/aromatic N) is 3. The number of rotatable bonds is 6. The molecular weight excluding hydrogens is 320 g/mol. The lowest BCUT2D eigenvalue weighted by molar-refractivity contribution is -0.125. The highest BCUT2D eigenvalue weighted by atomic mass is 16.2. The van der Waals surface area contributed by atoms with E-state index in [2.05, 4.69) is 10.2 Å². The second-order valence-electron chi connectivity index (χ2n) is 6.55. The number of hydrogen-bond acceptors (Lipinski definition) is 4. The average molecular weight is 344 g/mol. The highest BCUT2D eigenvalue weighted by molar-refractivity contribution is 6.01. The van der Waals surface area contributed by atoms with Crippen LogP contribution >= 0.6 is 0 Å². The van der Waals surface area contributed by atoms with Crippen LogP contribution in [0.1, 0.15) is 25.7 Å². The zero-order chi connectivity index (χ0) is 17.8. The Balaban J connectivity index is 1.52. The molecule has 0 spiro atoms. The average Bonchev–Trinajstić information content (AvgIpc) is 3.20. The van der Waals surface area contributed by atoms with Crippen LogP contribution in [0.3, 0.4) is 0 Å². The van der Waals surface area contributed by atoms with Crippen molar-refractivity contribution in [2.75, 3.05) is 43.4 Å². The van der Waals surface area contributed by atoms with Gasteiger partial charge in [-0.2, -0.15) is 0 Å². The van der Waals surface area contributed by atoms with Gasteiger partial charge in [-0.15, -0.1) is 0 Å². The van der Waals surface area contributed by atoms with E-state index in [0.29, 0.717) is 6.42 Å². The first-order chi connectivity index (χ1) is 12.1. The summed E-state index contributed by atoms with van der Waals surface area (Å²) in [7, 11) is 1.60. The molecule has 0 unspecified atom stereocenters. The fourth-order valence-electron chi connectivity index (χ4n) is 3.31. The summed E-state index contributed by atoms with van der Waals surface area (Å²) in [5.74, 6) is -0.300. The molecule has 1 aromatic rings. The number of para-hydroxylation sites is 2. The van der Waals surface area contributed by atoms with Crippen molar-refractivity contribution in [1.29, 1.82) is 0 Å². The molecule has 0 bridgehead atoms. The molecule has 1 N–H and O–H groups in total. The Hall–Kier alpha value is -2.57. The first-order valence-electron chi connectivity index (χ1n) is 8.75. The molecule has 134 valence electrons. The molecule has 7 nitrogen and oxygen atoms in total. The lowest BCUT2D eigenvalue weighted by Crippen LogP contribution is -2.33. The number of nitrogens with one attached hydrogen (secondary N) is 1. The number of imide groups is 1. The zero-order valence-corrected chi connectivity index (χ0v) is 14.5. The van der Waals surface area contributed by atoms with Gasteiger partial charge in [-0.3, -0.25) is 14.5 Å². The van der Waals surface area contributed by atoms with Crippen molar-refractivity contribution < 1.29 is 14.4 Å². The van der Waals surface area contributed by atoms with Crippen molar-refractivity contribution in [3.8, 4) is 0 Å². The van der Waals surface area contributed by atoms with Crippen molar-refractivity contribution in [2.45, 2.75) is 25.7 Å². The van der Waals surface area contributed by atoms with E-state index in [1.807, 2.05) is 24.3 Å². The normalized spacial score (nSPS) is 17.6. The summed E-state index contributed by atoms with van der Waals surface area (Å²) in [4.78, 5) is 40.6. The van der Waals surface area contributed by atoms with Gasteiger partial charge in [0.15, 0.2) is 0 Å². The van der Waals surface area contributed by atoms with E-state index >= 15 is 0 Å². The van der Waals surface area contributed by atoms with Gasteiger partial charge in [0.1, 0.15) is 6.54 Å². The summed E-state index contributed by atoms with van der Waals surface area (Å²) in [6.07, 6.45) is 3.08. The number of carbonyl (C=O) groups excluding carboxylic acids is 3. The number of hydrogen-bond donors (Lipinski definition) is 1. The fourth-order valence-corrected chi connectivity index (χ4v) is 3.31. The maximum absolute atomic E-state index is 12.3. The van der Waals surface area contributed by atoms with Crippen molar-refractivity contribution in [3.63, 3.8) is 0 Å². The van der Waals surface area contributed by atoms with Gasteiger partial charge >= 0.3 is 6.03 Å². The van der Waals surface area contributed by atoms with Crippen LogP contribution in [-0.4, -0.2) is 60.9 Å². The quantitative estimate of drug-likeness (QED) is 0.800. The van der Waals surface area contributed by atoms with Gasteiger partial charge in [-0.25, -0.2) is 4.79 Å². The molecule has 25 heavy (non-hydrogen) atoms. The molecule has 2 saturated heterocycles. The maximum Gasteiger partial charge on any atom is 0.326 e. The molecule has 3 rings (SSSR count). The van der Waals surface area contributed by atoms with Crippen LogP contribution in [0.4, 0.5) is 16.2 Å². The molecule has 0 atom stereocenters. The lowest BCUT2D eigenvalue weighted by Gasteiger charge is -2.21. The van der Waals surface area contributed by atoms with Gasteiger partial charge < -0.3 is 15.1 Å². The van der Waals surface area contributed by atoms with Crippen LogP contribution in [0.15, 0.2) is 24.3 Å². The Morgan fingerprint density at radius 1 is 1.16 bits per heavy atom. The van der Waals surface area contributed by atoms with E-state index in [4.69, 9.17) is 0 Å². The molecule has 2 fully saturated rings. The van der Waals surface area contributed by atoms with Crippen molar-refractivity contribution in [1.82, 2.24) is 9.80 Å². The molecule has 0 aliphatic carbocycles. The summed E-state index contributed by atoms with van der Waals surface area (Å²) >= 11 is 0. The summed E-state index contributed by atoms with van der Waals surface area (Å²) in [6, 6.07) is 7.54. The highest BCUT2D eigenvalue weighted by Gasteiger charge is 2.32. The molecule has 0 aromatic heterocycles.